The Balaban J connectivity index is 0. The van der Waals surface area contributed by atoms with Crippen LogP contribution in [-0.2, 0) is 28.2 Å². The van der Waals surface area contributed by atoms with Crippen LogP contribution in [-0.4, -0.2) is 23.7 Å². The molecular formula is C12H9ClN2NaO9S2-. The molecule has 11 nitrogen and oxygen atoms in total. The number of non-ortho nitro benzene ring substituents is 2. The first kappa shape index (κ1) is 27.6. The summed E-state index contributed by atoms with van der Waals surface area (Å²) in [5, 5.41) is 20.4. The number of benzene rings is 2. The molecule has 15 heteroatoms. The Morgan fingerprint density at radius 2 is 1.33 bits per heavy atom. The van der Waals surface area contributed by atoms with E-state index in [1.54, 1.807) is 0 Å². The van der Waals surface area contributed by atoms with Crippen LogP contribution < -0.4 is 29.6 Å². The summed E-state index contributed by atoms with van der Waals surface area (Å²) in [4.78, 5) is 18.7. The molecule has 2 aromatic rings. The minimum atomic E-state index is -3.89. The number of halogens is 1. The Morgan fingerprint density at radius 3 is 1.74 bits per heavy atom. The molecule has 0 aliphatic rings. The van der Waals surface area contributed by atoms with Crippen molar-refractivity contribution in [1.29, 1.82) is 0 Å². The quantitative estimate of drug-likeness (QED) is 0.198. The number of hydrogen-bond acceptors (Lipinski definition) is 10. The fraction of sp³-hybridized carbons (Fsp3) is 0. The maximum Gasteiger partial charge on any atom is 1.00 e. The standard InChI is InChI=1S/C6H4ClNO4S.C6H4NO4S.Na.H2O/c7-13(11,12)6-3-1-2-5(4-6)8(9)10;8-7(9)5-2-1-3-6(4-5)12(10)11;;/h1-4H;1-4H;;1H2/q;-1;+1;/p-1. The third kappa shape index (κ3) is 9.23. The van der Waals surface area contributed by atoms with Gasteiger partial charge in [0.15, 0.2) is 0 Å². The van der Waals surface area contributed by atoms with Crippen LogP contribution in [0.25, 0.3) is 0 Å². The maximum atomic E-state index is 10.8. The van der Waals surface area contributed by atoms with E-state index in [4.69, 9.17) is 10.7 Å². The second kappa shape index (κ2) is 12.0. The minimum Gasteiger partial charge on any atom is -0.870 e. The molecule has 0 bridgehead atoms. The topological polar surface area (TPSA) is 185 Å². The van der Waals surface area contributed by atoms with Gasteiger partial charge < -0.3 is 13.9 Å². The van der Waals surface area contributed by atoms with Gasteiger partial charge in [-0.05, 0) is 16.8 Å². The average Bonchev–Trinajstić information content (AvgIpc) is 2.55. The largest absolute Gasteiger partial charge is 1.00 e. The van der Waals surface area contributed by atoms with Crippen molar-refractivity contribution in [3.05, 3.63) is 68.8 Å². The molecule has 0 saturated carbocycles. The van der Waals surface area contributed by atoms with Gasteiger partial charge in [0.05, 0.1) is 14.7 Å². The zero-order valence-corrected chi connectivity index (χ0v) is 17.8. The maximum absolute atomic E-state index is 10.8. The van der Waals surface area contributed by atoms with E-state index >= 15 is 0 Å². The van der Waals surface area contributed by atoms with Crippen molar-refractivity contribution in [2.45, 2.75) is 9.79 Å². The van der Waals surface area contributed by atoms with E-state index in [9.17, 15) is 37.1 Å². The van der Waals surface area contributed by atoms with Crippen LogP contribution in [0.4, 0.5) is 11.4 Å². The number of rotatable bonds is 4. The van der Waals surface area contributed by atoms with Crippen molar-refractivity contribution in [3.8, 4) is 0 Å². The van der Waals surface area contributed by atoms with Crippen molar-refractivity contribution >= 4 is 41.8 Å². The molecule has 0 aliphatic heterocycles. The fourth-order valence-corrected chi connectivity index (χ4v) is 2.65. The monoisotopic (exact) mass is 447 g/mol. The summed E-state index contributed by atoms with van der Waals surface area (Å²) >= 11 is 0. The molecule has 0 radical (unpaired) electrons. The molecule has 0 amide bonds. The number of hydrogen-bond donors (Lipinski definition) is 0. The van der Waals surface area contributed by atoms with Gasteiger partial charge in [-0.3, -0.25) is 20.2 Å². The molecule has 0 unspecified atom stereocenters. The van der Waals surface area contributed by atoms with Crippen LogP contribution in [0.3, 0.4) is 0 Å². The molecule has 0 heterocycles. The van der Waals surface area contributed by atoms with Crippen LogP contribution in [0.5, 0.6) is 0 Å². The van der Waals surface area contributed by atoms with Crippen LogP contribution in [0, 0.1) is 20.2 Å². The molecular weight excluding hydrogens is 439 g/mol. The van der Waals surface area contributed by atoms with Crippen LogP contribution in [0.1, 0.15) is 0 Å². The number of nitro groups is 2. The van der Waals surface area contributed by atoms with Gasteiger partial charge >= 0.3 is 29.6 Å². The van der Waals surface area contributed by atoms with E-state index in [2.05, 4.69) is 0 Å². The summed E-state index contributed by atoms with van der Waals surface area (Å²) in [6, 6.07) is 9.38. The van der Waals surface area contributed by atoms with E-state index in [1.807, 2.05) is 0 Å². The third-order valence-electron chi connectivity index (χ3n) is 2.53. The zero-order valence-electron chi connectivity index (χ0n) is 13.4. The first-order chi connectivity index (χ1) is 11.5. The van der Waals surface area contributed by atoms with E-state index < -0.39 is 29.6 Å². The molecule has 0 fully saturated rings. The van der Waals surface area contributed by atoms with E-state index in [1.165, 1.54) is 36.4 Å². The molecule has 2 rings (SSSR count). The second-order valence-electron chi connectivity index (χ2n) is 4.18. The molecule has 0 aromatic heterocycles. The molecule has 27 heavy (non-hydrogen) atoms. The second-order valence-corrected chi connectivity index (χ2v) is 7.69. The summed E-state index contributed by atoms with van der Waals surface area (Å²) in [5.41, 5.74) is -0.529. The van der Waals surface area contributed by atoms with Crippen LogP contribution >= 0.6 is 10.7 Å². The molecule has 142 valence electrons. The Morgan fingerprint density at radius 1 is 0.889 bits per heavy atom. The smallest absolute Gasteiger partial charge is 0.870 e. The molecule has 1 N–H and O–H groups in total. The fourth-order valence-electron chi connectivity index (χ4n) is 1.45. The Hall–Kier alpha value is -1.61. The molecule has 2 aromatic carbocycles. The Bertz CT molecular complexity index is 988. The predicted octanol–water partition coefficient (Wildman–Crippen LogP) is -0.388. The predicted molar refractivity (Wildman–Crippen MR) is 88.2 cm³/mol. The van der Waals surface area contributed by atoms with Gasteiger partial charge in [-0.1, -0.05) is 23.1 Å². The third-order valence-corrected chi connectivity index (χ3v) is 4.52. The van der Waals surface area contributed by atoms with Gasteiger partial charge in [0, 0.05) is 34.9 Å². The SMILES string of the molecule is O=[N+]([O-])c1cccc(S(=O)(=O)Cl)c1.O=[N+]([O-])c1cccc([S-](=O)=O)c1.[Na+].[OH-]. The molecule has 0 spiro atoms. The molecule has 0 atom stereocenters. The van der Waals surface area contributed by atoms with Crippen molar-refractivity contribution in [2.75, 3.05) is 0 Å². The van der Waals surface area contributed by atoms with E-state index in [0.29, 0.717) is 0 Å². The van der Waals surface area contributed by atoms with Gasteiger partial charge in [-0.15, -0.1) is 0 Å². The van der Waals surface area contributed by atoms with Gasteiger partial charge in [0.2, 0.25) is 0 Å². The van der Waals surface area contributed by atoms with Crippen LogP contribution in [0.2, 0.25) is 0 Å². The van der Waals surface area contributed by atoms with Gasteiger partial charge in [0.1, 0.15) is 0 Å². The summed E-state index contributed by atoms with van der Waals surface area (Å²) in [5.74, 6) is 0. The van der Waals surface area contributed by atoms with Gasteiger partial charge in [0.25, 0.3) is 20.4 Å². The summed E-state index contributed by atoms with van der Waals surface area (Å²) in [6.45, 7) is 0. The molecule has 0 aliphatic carbocycles. The minimum absolute atomic E-state index is 0. The van der Waals surface area contributed by atoms with E-state index in [0.717, 1.165) is 12.1 Å². The van der Waals surface area contributed by atoms with Crippen molar-refractivity contribution in [3.63, 3.8) is 0 Å². The van der Waals surface area contributed by atoms with E-state index in [-0.39, 0.29) is 56.2 Å². The van der Waals surface area contributed by atoms with Crippen molar-refractivity contribution < 1.29 is 61.7 Å². The summed E-state index contributed by atoms with van der Waals surface area (Å²) in [7, 11) is -1.32. The Kier molecular flexibility index (Phi) is 12.2. The van der Waals surface area contributed by atoms with Crippen molar-refractivity contribution in [1.82, 2.24) is 0 Å². The Labute approximate surface area is 181 Å². The summed E-state index contributed by atoms with van der Waals surface area (Å²) in [6.07, 6.45) is 0. The molecule has 0 saturated heterocycles. The van der Waals surface area contributed by atoms with Crippen LogP contribution in [0.15, 0.2) is 58.3 Å². The average molecular weight is 448 g/mol. The van der Waals surface area contributed by atoms with Crippen molar-refractivity contribution in [2.24, 2.45) is 0 Å². The zero-order chi connectivity index (χ0) is 19.2. The van der Waals surface area contributed by atoms with Gasteiger partial charge in [-0.25, -0.2) is 8.42 Å². The number of nitro benzene ring substituents is 2. The first-order valence-electron chi connectivity index (χ1n) is 6.05. The number of nitrogens with zero attached hydrogens (tertiary/aromatic N) is 2. The normalized spacial score (nSPS) is 9.85. The summed E-state index contributed by atoms with van der Waals surface area (Å²) < 4.78 is 42.2. The first-order valence-corrected chi connectivity index (χ1v) is 9.43. The van der Waals surface area contributed by atoms with Gasteiger partial charge in [-0.2, -0.15) is 0 Å².